The fourth-order valence-electron chi connectivity index (χ4n) is 3.97. The third-order valence-corrected chi connectivity index (χ3v) is 6.83. The molecule has 0 bridgehead atoms. The van der Waals surface area contributed by atoms with E-state index < -0.39 is 5.69 Å². The lowest BCUT2D eigenvalue weighted by molar-refractivity contribution is -0.116. The summed E-state index contributed by atoms with van der Waals surface area (Å²) in [6.45, 7) is 8.02. The molecule has 0 unspecified atom stereocenters. The highest BCUT2D eigenvalue weighted by molar-refractivity contribution is 7.22. The zero-order chi connectivity index (χ0) is 22.8. The lowest BCUT2D eigenvalue weighted by Gasteiger charge is -2.12. The Balaban J connectivity index is 1.68. The number of nitrogens with one attached hydrogen (secondary N) is 1. The van der Waals surface area contributed by atoms with Crippen LogP contribution in [0.2, 0.25) is 0 Å². The molecule has 1 aliphatic rings. The number of thiazole rings is 1. The summed E-state index contributed by atoms with van der Waals surface area (Å²) in [5, 5.41) is 3.59. The molecule has 1 aromatic carbocycles. The number of aromatic nitrogens is 3. The minimum Gasteiger partial charge on any atom is -0.348 e. The zero-order valence-corrected chi connectivity index (χ0v) is 19.6. The van der Waals surface area contributed by atoms with E-state index in [1.807, 2.05) is 31.2 Å². The number of carbonyl (C=O) groups is 1. The van der Waals surface area contributed by atoms with Gasteiger partial charge in [-0.15, -0.1) is 0 Å². The Labute approximate surface area is 190 Å². The van der Waals surface area contributed by atoms with Crippen molar-refractivity contribution in [1.82, 2.24) is 14.1 Å². The molecule has 2 aromatic heterocycles. The normalized spacial score (nSPS) is 13.9. The van der Waals surface area contributed by atoms with Gasteiger partial charge in [-0.25, -0.2) is 9.78 Å². The Bertz CT molecular complexity index is 1230. The molecule has 0 aliphatic carbocycles. The molecule has 8 nitrogen and oxygen atoms in total. The maximum absolute atomic E-state index is 13.1. The molecule has 3 aromatic rings. The number of amides is 1. The number of benzene rings is 1. The lowest BCUT2D eigenvalue weighted by Crippen LogP contribution is -2.41. The summed E-state index contributed by atoms with van der Waals surface area (Å²) < 4.78 is 2.98. The van der Waals surface area contributed by atoms with Gasteiger partial charge in [0.25, 0.3) is 5.56 Å². The second-order valence-corrected chi connectivity index (χ2v) is 9.47. The van der Waals surface area contributed by atoms with Crippen LogP contribution < -0.4 is 21.5 Å². The first-order chi connectivity index (χ1) is 15.4. The van der Waals surface area contributed by atoms with E-state index in [0.29, 0.717) is 34.9 Å². The first-order valence-electron chi connectivity index (χ1n) is 11.2. The lowest BCUT2D eigenvalue weighted by atomic mass is 10.0. The Hall–Kier alpha value is -2.94. The number of anilines is 2. The summed E-state index contributed by atoms with van der Waals surface area (Å²) in [6.07, 6.45) is 2.81. The second-order valence-electron chi connectivity index (χ2n) is 8.49. The van der Waals surface area contributed by atoms with E-state index in [1.165, 1.54) is 26.0 Å². The molecule has 4 rings (SSSR count). The van der Waals surface area contributed by atoms with Crippen LogP contribution in [-0.4, -0.2) is 33.1 Å². The molecule has 1 aliphatic heterocycles. The first kappa shape index (κ1) is 22.3. The van der Waals surface area contributed by atoms with E-state index in [9.17, 15) is 14.4 Å². The van der Waals surface area contributed by atoms with Crippen molar-refractivity contribution in [3.63, 3.8) is 0 Å². The summed E-state index contributed by atoms with van der Waals surface area (Å²) in [5.41, 5.74) is 1.33. The Kier molecular flexibility index (Phi) is 6.45. The van der Waals surface area contributed by atoms with E-state index >= 15 is 0 Å². The Morgan fingerprint density at radius 1 is 1.12 bits per heavy atom. The van der Waals surface area contributed by atoms with Gasteiger partial charge >= 0.3 is 5.69 Å². The fourth-order valence-corrected chi connectivity index (χ4v) is 5.04. The second kappa shape index (κ2) is 9.28. The molecule has 1 saturated heterocycles. The average molecular weight is 456 g/mol. The molecule has 0 radical (unpaired) electrons. The van der Waals surface area contributed by atoms with Gasteiger partial charge in [-0.05, 0) is 42.9 Å². The quantitative estimate of drug-likeness (QED) is 0.590. The molecule has 1 N–H and O–H groups in total. The number of rotatable bonds is 7. The van der Waals surface area contributed by atoms with Crippen LogP contribution in [0.15, 0.2) is 33.9 Å². The number of hydrogen-bond acceptors (Lipinski definition) is 6. The molecule has 1 amide bonds. The van der Waals surface area contributed by atoms with Crippen LogP contribution >= 0.6 is 11.3 Å². The predicted octanol–water partition coefficient (Wildman–Crippen LogP) is 3.39. The van der Waals surface area contributed by atoms with Gasteiger partial charge in [0.2, 0.25) is 5.91 Å². The molecule has 170 valence electrons. The third kappa shape index (κ3) is 4.34. The van der Waals surface area contributed by atoms with E-state index in [1.54, 1.807) is 0 Å². The Morgan fingerprint density at radius 3 is 2.44 bits per heavy atom. The monoisotopic (exact) mass is 455 g/mol. The summed E-state index contributed by atoms with van der Waals surface area (Å²) in [6, 6.07) is 7.68. The number of fused-ring (bicyclic) bond motifs is 1. The topological polar surface area (TPSA) is 89.2 Å². The van der Waals surface area contributed by atoms with Crippen molar-refractivity contribution in [2.24, 2.45) is 0 Å². The van der Waals surface area contributed by atoms with Crippen LogP contribution in [0.5, 0.6) is 0 Å². The van der Waals surface area contributed by atoms with Crippen LogP contribution in [0.4, 0.5) is 10.8 Å². The largest absolute Gasteiger partial charge is 0.348 e. The minimum absolute atomic E-state index is 0.200. The van der Waals surface area contributed by atoms with Crippen LogP contribution in [0.3, 0.4) is 0 Å². The zero-order valence-electron chi connectivity index (χ0n) is 18.8. The molecule has 1 fully saturated rings. The van der Waals surface area contributed by atoms with Gasteiger partial charge in [0, 0.05) is 25.3 Å². The van der Waals surface area contributed by atoms with Crippen LogP contribution in [0, 0.1) is 0 Å². The molecule has 0 saturated carbocycles. The number of nitrogens with zero attached hydrogens (tertiary/aromatic N) is 4. The van der Waals surface area contributed by atoms with Crippen LogP contribution in [0.25, 0.3) is 10.3 Å². The first-order valence-corrected chi connectivity index (χ1v) is 12.0. The standard InChI is InChI=1S/C23H29N5O3S/c1-4-11-27-21(30)19-20(25-22(32-19)26-12-5-6-13-26)28(23(27)31)14-18(29)24-17-9-7-16(8-10-17)15(2)3/h7-10,15H,4-6,11-14H2,1-3H3,(H,24,29). The highest BCUT2D eigenvalue weighted by atomic mass is 32.1. The molecule has 0 spiro atoms. The van der Waals surface area contributed by atoms with Gasteiger partial charge in [0.15, 0.2) is 10.8 Å². The number of carbonyl (C=O) groups excluding carboxylic acids is 1. The van der Waals surface area contributed by atoms with Crippen molar-refractivity contribution in [3.05, 3.63) is 50.7 Å². The molecular formula is C23H29N5O3S. The van der Waals surface area contributed by atoms with Gasteiger partial charge in [-0.3, -0.25) is 18.7 Å². The highest BCUT2D eigenvalue weighted by Crippen LogP contribution is 2.28. The van der Waals surface area contributed by atoms with Crippen molar-refractivity contribution in [2.75, 3.05) is 23.3 Å². The molecule has 3 heterocycles. The van der Waals surface area contributed by atoms with Crippen molar-refractivity contribution in [2.45, 2.75) is 59.0 Å². The third-order valence-electron chi connectivity index (χ3n) is 5.74. The summed E-state index contributed by atoms with van der Waals surface area (Å²) in [7, 11) is 0. The van der Waals surface area contributed by atoms with Gasteiger partial charge < -0.3 is 10.2 Å². The van der Waals surface area contributed by atoms with Crippen molar-refractivity contribution < 1.29 is 4.79 Å². The van der Waals surface area contributed by atoms with E-state index in [4.69, 9.17) is 0 Å². The Morgan fingerprint density at radius 2 is 1.81 bits per heavy atom. The number of hydrogen-bond donors (Lipinski definition) is 1. The average Bonchev–Trinajstić information content (AvgIpc) is 3.44. The SMILES string of the molecule is CCCn1c(=O)c2sc(N3CCCC3)nc2n(CC(=O)Nc2ccc(C(C)C)cc2)c1=O. The van der Waals surface area contributed by atoms with E-state index in [0.717, 1.165) is 31.1 Å². The van der Waals surface area contributed by atoms with Crippen LogP contribution in [0.1, 0.15) is 51.5 Å². The smallest absolute Gasteiger partial charge is 0.333 e. The highest BCUT2D eigenvalue weighted by Gasteiger charge is 2.23. The molecule has 0 atom stereocenters. The van der Waals surface area contributed by atoms with E-state index in [-0.39, 0.29) is 18.0 Å². The van der Waals surface area contributed by atoms with Crippen molar-refractivity contribution in [3.8, 4) is 0 Å². The summed E-state index contributed by atoms with van der Waals surface area (Å²) in [5.74, 6) is 0.0730. The fraction of sp³-hybridized carbons (Fsp3) is 0.478. The molecular weight excluding hydrogens is 426 g/mol. The predicted molar refractivity (Wildman–Crippen MR) is 129 cm³/mol. The van der Waals surface area contributed by atoms with Crippen molar-refractivity contribution >= 4 is 38.4 Å². The van der Waals surface area contributed by atoms with E-state index in [2.05, 4.69) is 29.0 Å². The molecule has 32 heavy (non-hydrogen) atoms. The van der Waals surface area contributed by atoms with Gasteiger partial charge in [0.05, 0.1) is 0 Å². The van der Waals surface area contributed by atoms with Gasteiger partial charge in [0.1, 0.15) is 11.2 Å². The minimum atomic E-state index is -0.493. The van der Waals surface area contributed by atoms with Gasteiger partial charge in [-0.1, -0.05) is 44.2 Å². The summed E-state index contributed by atoms with van der Waals surface area (Å²) in [4.78, 5) is 45.7. The van der Waals surface area contributed by atoms with Gasteiger partial charge in [-0.2, -0.15) is 0 Å². The van der Waals surface area contributed by atoms with Crippen molar-refractivity contribution in [1.29, 1.82) is 0 Å². The van der Waals surface area contributed by atoms with Crippen LogP contribution in [-0.2, 0) is 17.9 Å². The maximum Gasteiger partial charge on any atom is 0.333 e. The summed E-state index contributed by atoms with van der Waals surface area (Å²) >= 11 is 1.31. The maximum atomic E-state index is 13.1. The molecule has 9 heteroatoms.